The number of anilines is 1. The van der Waals surface area contributed by atoms with Crippen LogP contribution in [0.15, 0.2) is 24.3 Å². The number of amides is 2. The highest BCUT2D eigenvalue weighted by atomic mass is 35.5. The topological polar surface area (TPSA) is 41.1 Å². The van der Waals surface area contributed by atoms with E-state index in [9.17, 15) is 4.79 Å². The number of rotatable bonds is 6. The first-order chi connectivity index (χ1) is 8.65. The van der Waals surface area contributed by atoms with Crippen molar-refractivity contribution < 1.29 is 4.79 Å². The Morgan fingerprint density at radius 3 is 2.22 bits per heavy atom. The van der Waals surface area contributed by atoms with E-state index in [1.807, 2.05) is 0 Å². The molecule has 0 atom stereocenters. The molecule has 1 aromatic rings. The van der Waals surface area contributed by atoms with E-state index in [0.29, 0.717) is 5.02 Å². The Balaban J connectivity index is 2.46. The van der Waals surface area contributed by atoms with Gasteiger partial charge in [-0.2, -0.15) is 0 Å². The van der Waals surface area contributed by atoms with Gasteiger partial charge in [0.25, 0.3) is 0 Å². The molecule has 0 unspecified atom stereocenters. The van der Waals surface area contributed by atoms with Gasteiger partial charge in [-0.05, 0) is 37.1 Å². The molecule has 0 aliphatic carbocycles. The van der Waals surface area contributed by atoms with Crippen molar-refractivity contribution in [2.75, 3.05) is 5.32 Å². The first kappa shape index (κ1) is 14.8. The number of halogens is 1. The van der Waals surface area contributed by atoms with Gasteiger partial charge in [-0.1, -0.05) is 38.3 Å². The van der Waals surface area contributed by atoms with Gasteiger partial charge in [-0.25, -0.2) is 4.79 Å². The van der Waals surface area contributed by atoms with Crippen LogP contribution in [0.1, 0.15) is 39.5 Å². The molecule has 0 spiro atoms. The predicted octanol–water partition coefficient (Wildman–Crippen LogP) is 4.43. The molecule has 4 heteroatoms. The molecule has 3 nitrogen and oxygen atoms in total. The van der Waals surface area contributed by atoms with Gasteiger partial charge in [0.1, 0.15) is 0 Å². The van der Waals surface area contributed by atoms with E-state index in [0.717, 1.165) is 31.4 Å². The maximum atomic E-state index is 11.8. The predicted molar refractivity (Wildman–Crippen MR) is 77.2 cm³/mol. The van der Waals surface area contributed by atoms with Gasteiger partial charge in [0, 0.05) is 16.8 Å². The van der Waals surface area contributed by atoms with Crippen LogP contribution in [0.3, 0.4) is 0 Å². The fourth-order valence-corrected chi connectivity index (χ4v) is 2.00. The quantitative estimate of drug-likeness (QED) is 0.787. The molecule has 0 radical (unpaired) electrons. The Kier molecular flexibility index (Phi) is 6.58. The van der Waals surface area contributed by atoms with Gasteiger partial charge in [0.15, 0.2) is 0 Å². The van der Waals surface area contributed by atoms with Crippen molar-refractivity contribution in [3.8, 4) is 0 Å². The van der Waals surface area contributed by atoms with E-state index in [2.05, 4.69) is 24.5 Å². The number of hydrogen-bond acceptors (Lipinski definition) is 1. The number of benzene rings is 1. The molecule has 0 saturated carbocycles. The number of carbonyl (C=O) groups excluding carboxylic acids is 1. The van der Waals surface area contributed by atoms with Gasteiger partial charge in [-0.15, -0.1) is 0 Å². The average molecular weight is 269 g/mol. The van der Waals surface area contributed by atoms with Crippen LogP contribution in [0.2, 0.25) is 5.02 Å². The molecule has 2 amide bonds. The third-order valence-electron chi connectivity index (χ3n) is 2.71. The molecule has 2 N–H and O–H groups in total. The summed E-state index contributed by atoms with van der Waals surface area (Å²) in [6, 6.07) is 7.20. The van der Waals surface area contributed by atoms with E-state index in [1.165, 1.54) is 0 Å². The summed E-state index contributed by atoms with van der Waals surface area (Å²) in [7, 11) is 0. The van der Waals surface area contributed by atoms with E-state index < -0.39 is 0 Å². The maximum absolute atomic E-state index is 11.8. The van der Waals surface area contributed by atoms with Crippen molar-refractivity contribution in [2.24, 2.45) is 0 Å². The van der Waals surface area contributed by atoms with E-state index in [4.69, 9.17) is 11.6 Å². The lowest BCUT2D eigenvalue weighted by Crippen LogP contribution is -2.37. The Bertz CT molecular complexity index is 359. The Labute approximate surface area is 114 Å². The van der Waals surface area contributed by atoms with E-state index >= 15 is 0 Å². The zero-order valence-corrected chi connectivity index (χ0v) is 11.8. The fourth-order valence-electron chi connectivity index (χ4n) is 1.87. The first-order valence-corrected chi connectivity index (χ1v) is 6.86. The third-order valence-corrected chi connectivity index (χ3v) is 2.96. The lowest BCUT2D eigenvalue weighted by Gasteiger charge is -2.17. The lowest BCUT2D eigenvalue weighted by atomic mass is 10.1. The summed E-state index contributed by atoms with van der Waals surface area (Å²) in [6.07, 6.45) is 4.18. The second-order valence-electron chi connectivity index (χ2n) is 4.38. The van der Waals surface area contributed by atoms with Crippen molar-refractivity contribution in [1.82, 2.24) is 5.32 Å². The number of urea groups is 1. The van der Waals surface area contributed by atoms with Crippen molar-refractivity contribution in [3.05, 3.63) is 29.3 Å². The van der Waals surface area contributed by atoms with Crippen LogP contribution in [0.4, 0.5) is 10.5 Å². The van der Waals surface area contributed by atoms with E-state index in [1.54, 1.807) is 24.3 Å². The largest absolute Gasteiger partial charge is 0.335 e. The highest BCUT2D eigenvalue weighted by Crippen LogP contribution is 2.13. The maximum Gasteiger partial charge on any atom is 0.319 e. The van der Waals surface area contributed by atoms with Crippen LogP contribution < -0.4 is 10.6 Å². The lowest BCUT2D eigenvalue weighted by molar-refractivity contribution is 0.246. The smallest absolute Gasteiger partial charge is 0.319 e. The van der Waals surface area contributed by atoms with Gasteiger partial charge < -0.3 is 10.6 Å². The molecule has 0 aliphatic rings. The van der Waals surface area contributed by atoms with Crippen LogP contribution in [0, 0.1) is 0 Å². The normalized spacial score (nSPS) is 10.4. The number of carbonyl (C=O) groups is 1. The molecule has 1 aromatic carbocycles. The molecular weight excluding hydrogens is 248 g/mol. The SMILES string of the molecule is CCCC(CCC)NC(=O)Nc1ccc(Cl)cc1. The standard InChI is InChI=1S/C14H21ClN2O/c1-3-5-12(6-4-2)16-14(18)17-13-9-7-11(15)8-10-13/h7-10,12H,3-6H2,1-2H3,(H2,16,17,18). The summed E-state index contributed by atoms with van der Waals surface area (Å²) >= 11 is 5.79. The van der Waals surface area contributed by atoms with Gasteiger partial charge in [0.2, 0.25) is 0 Å². The average Bonchev–Trinajstić information content (AvgIpc) is 2.33. The molecule has 0 heterocycles. The van der Waals surface area contributed by atoms with Crippen LogP contribution in [-0.2, 0) is 0 Å². The Morgan fingerprint density at radius 2 is 1.72 bits per heavy atom. The zero-order valence-electron chi connectivity index (χ0n) is 11.0. The minimum absolute atomic E-state index is 0.149. The van der Waals surface area contributed by atoms with Crippen molar-refractivity contribution >= 4 is 23.3 Å². The summed E-state index contributed by atoms with van der Waals surface area (Å²) in [5.74, 6) is 0. The molecule has 0 fully saturated rings. The van der Waals surface area contributed by atoms with Crippen LogP contribution in [0.5, 0.6) is 0 Å². The minimum Gasteiger partial charge on any atom is -0.335 e. The molecule has 100 valence electrons. The summed E-state index contributed by atoms with van der Waals surface area (Å²) in [5.41, 5.74) is 0.753. The summed E-state index contributed by atoms with van der Waals surface area (Å²) < 4.78 is 0. The second-order valence-corrected chi connectivity index (χ2v) is 4.82. The monoisotopic (exact) mass is 268 g/mol. The summed E-state index contributed by atoms with van der Waals surface area (Å²) in [6.45, 7) is 4.25. The summed E-state index contributed by atoms with van der Waals surface area (Å²) in [4.78, 5) is 11.8. The Morgan fingerprint density at radius 1 is 1.17 bits per heavy atom. The number of nitrogens with one attached hydrogen (secondary N) is 2. The van der Waals surface area contributed by atoms with Crippen LogP contribution >= 0.6 is 11.6 Å². The minimum atomic E-state index is -0.149. The molecule has 1 rings (SSSR count). The van der Waals surface area contributed by atoms with Gasteiger partial charge in [0.05, 0.1) is 0 Å². The molecule has 0 aliphatic heterocycles. The van der Waals surface area contributed by atoms with Crippen molar-refractivity contribution in [1.29, 1.82) is 0 Å². The third kappa shape index (κ3) is 5.41. The first-order valence-electron chi connectivity index (χ1n) is 6.48. The highest BCUT2D eigenvalue weighted by molar-refractivity contribution is 6.30. The fraction of sp³-hybridized carbons (Fsp3) is 0.500. The molecule has 0 saturated heterocycles. The highest BCUT2D eigenvalue weighted by Gasteiger charge is 2.10. The van der Waals surface area contributed by atoms with Crippen LogP contribution in [0.25, 0.3) is 0 Å². The molecular formula is C14H21ClN2O. The second kappa shape index (κ2) is 7.98. The van der Waals surface area contributed by atoms with Crippen molar-refractivity contribution in [3.63, 3.8) is 0 Å². The molecule has 0 aromatic heterocycles. The van der Waals surface area contributed by atoms with E-state index in [-0.39, 0.29) is 12.1 Å². The van der Waals surface area contributed by atoms with Crippen molar-refractivity contribution in [2.45, 2.75) is 45.6 Å². The summed E-state index contributed by atoms with van der Waals surface area (Å²) in [5, 5.41) is 6.47. The van der Waals surface area contributed by atoms with Gasteiger partial charge >= 0.3 is 6.03 Å². The van der Waals surface area contributed by atoms with Gasteiger partial charge in [-0.3, -0.25) is 0 Å². The Hall–Kier alpha value is -1.22. The number of hydrogen-bond donors (Lipinski definition) is 2. The zero-order chi connectivity index (χ0) is 13.4. The molecule has 18 heavy (non-hydrogen) atoms. The molecule has 0 bridgehead atoms. The van der Waals surface area contributed by atoms with Crippen LogP contribution in [-0.4, -0.2) is 12.1 Å².